The van der Waals surface area contributed by atoms with E-state index in [0.717, 1.165) is 37.7 Å². The van der Waals surface area contributed by atoms with Crippen molar-refractivity contribution in [1.29, 1.82) is 5.26 Å². The van der Waals surface area contributed by atoms with Crippen molar-refractivity contribution < 1.29 is 9.18 Å². The summed E-state index contributed by atoms with van der Waals surface area (Å²) < 4.78 is 13.2. The van der Waals surface area contributed by atoms with Gasteiger partial charge in [-0.3, -0.25) is 4.79 Å². The molecule has 20 heavy (non-hydrogen) atoms. The number of hydrogen-bond donors (Lipinski definition) is 1. The zero-order valence-corrected chi connectivity index (χ0v) is 11.2. The standard InChI is InChI=1S/C16H17FN2O/c17-12-5-3-4-11(8-12)13-9-14(13)15(20)19-16(10-18)6-1-2-7-16/h3-5,8,13-14H,1-2,6-7,9H2,(H,19,20). The zero-order valence-electron chi connectivity index (χ0n) is 11.2. The number of carbonyl (C=O) groups is 1. The van der Waals surface area contributed by atoms with Crippen LogP contribution < -0.4 is 5.32 Å². The molecule has 0 bridgehead atoms. The molecule has 0 spiro atoms. The van der Waals surface area contributed by atoms with Crippen molar-refractivity contribution in [3.63, 3.8) is 0 Å². The van der Waals surface area contributed by atoms with Crippen LogP contribution in [0.2, 0.25) is 0 Å². The second-order valence-electron chi connectivity index (χ2n) is 5.89. The number of nitriles is 1. The van der Waals surface area contributed by atoms with E-state index in [1.807, 2.05) is 6.07 Å². The van der Waals surface area contributed by atoms with E-state index in [1.54, 1.807) is 6.07 Å². The Balaban J connectivity index is 1.65. The quantitative estimate of drug-likeness (QED) is 0.919. The van der Waals surface area contributed by atoms with Gasteiger partial charge in [-0.1, -0.05) is 12.1 Å². The molecule has 0 saturated heterocycles. The number of carbonyl (C=O) groups excluding carboxylic acids is 1. The lowest BCUT2D eigenvalue weighted by molar-refractivity contribution is -0.123. The minimum atomic E-state index is -0.661. The fraction of sp³-hybridized carbons (Fsp3) is 0.500. The second-order valence-corrected chi connectivity index (χ2v) is 5.89. The van der Waals surface area contributed by atoms with Gasteiger partial charge in [0.1, 0.15) is 11.4 Å². The van der Waals surface area contributed by atoms with E-state index < -0.39 is 5.54 Å². The molecular formula is C16H17FN2O. The Labute approximate surface area is 117 Å². The van der Waals surface area contributed by atoms with Crippen molar-refractivity contribution in [2.45, 2.75) is 43.6 Å². The van der Waals surface area contributed by atoms with Crippen molar-refractivity contribution in [2.75, 3.05) is 0 Å². The number of hydrogen-bond acceptors (Lipinski definition) is 2. The van der Waals surface area contributed by atoms with Crippen LogP contribution in [-0.2, 0) is 4.79 Å². The van der Waals surface area contributed by atoms with E-state index in [9.17, 15) is 14.4 Å². The minimum Gasteiger partial charge on any atom is -0.338 e. The van der Waals surface area contributed by atoms with Crippen LogP contribution in [0.1, 0.15) is 43.6 Å². The molecule has 1 aromatic rings. The third kappa shape index (κ3) is 2.40. The number of nitrogens with zero attached hydrogens (tertiary/aromatic N) is 1. The Morgan fingerprint density at radius 2 is 2.15 bits per heavy atom. The summed E-state index contributed by atoms with van der Waals surface area (Å²) in [7, 11) is 0. The van der Waals surface area contributed by atoms with Gasteiger partial charge in [-0.2, -0.15) is 5.26 Å². The molecule has 1 amide bonds. The SMILES string of the molecule is N#CC1(NC(=O)C2CC2c2cccc(F)c2)CCCC1. The van der Waals surface area contributed by atoms with Gasteiger partial charge < -0.3 is 5.32 Å². The van der Waals surface area contributed by atoms with Gasteiger partial charge in [0.05, 0.1) is 6.07 Å². The molecule has 4 heteroatoms. The van der Waals surface area contributed by atoms with Crippen LogP contribution in [-0.4, -0.2) is 11.4 Å². The van der Waals surface area contributed by atoms with E-state index in [0.29, 0.717) is 0 Å². The predicted octanol–water partition coefficient (Wildman–Crippen LogP) is 2.88. The van der Waals surface area contributed by atoms with Crippen molar-refractivity contribution >= 4 is 5.91 Å². The molecule has 0 aliphatic heterocycles. The van der Waals surface area contributed by atoms with Crippen molar-refractivity contribution in [3.8, 4) is 6.07 Å². The highest BCUT2D eigenvalue weighted by Crippen LogP contribution is 2.48. The number of amides is 1. The van der Waals surface area contributed by atoms with Crippen LogP contribution in [0.3, 0.4) is 0 Å². The average Bonchev–Trinajstić information content (AvgIpc) is 3.13. The number of nitrogens with one attached hydrogen (secondary N) is 1. The molecule has 0 heterocycles. The molecule has 2 atom stereocenters. The Morgan fingerprint density at radius 1 is 1.40 bits per heavy atom. The summed E-state index contributed by atoms with van der Waals surface area (Å²) in [4.78, 5) is 12.2. The van der Waals surface area contributed by atoms with Gasteiger partial charge in [0.15, 0.2) is 0 Å². The Morgan fingerprint density at radius 3 is 2.80 bits per heavy atom. The lowest BCUT2D eigenvalue weighted by Gasteiger charge is -2.22. The summed E-state index contributed by atoms with van der Waals surface area (Å²) in [5.41, 5.74) is 0.217. The monoisotopic (exact) mass is 272 g/mol. The number of halogens is 1. The maximum atomic E-state index is 13.2. The predicted molar refractivity (Wildman–Crippen MR) is 72.2 cm³/mol. The molecule has 1 N–H and O–H groups in total. The fourth-order valence-electron chi connectivity index (χ4n) is 3.16. The molecule has 1 aromatic carbocycles. The van der Waals surface area contributed by atoms with Crippen LogP contribution >= 0.6 is 0 Å². The smallest absolute Gasteiger partial charge is 0.224 e. The van der Waals surface area contributed by atoms with Crippen LogP contribution in [0, 0.1) is 23.1 Å². The first-order chi connectivity index (χ1) is 9.63. The minimum absolute atomic E-state index is 0.0530. The van der Waals surface area contributed by atoms with Crippen molar-refractivity contribution in [1.82, 2.24) is 5.32 Å². The average molecular weight is 272 g/mol. The molecule has 3 nitrogen and oxygen atoms in total. The fourth-order valence-corrected chi connectivity index (χ4v) is 3.16. The molecule has 104 valence electrons. The highest BCUT2D eigenvalue weighted by atomic mass is 19.1. The lowest BCUT2D eigenvalue weighted by atomic mass is 9.99. The first-order valence-electron chi connectivity index (χ1n) is 7.12. The Bertz CT molecular complexity index is 572. The van der Waals surface area contributed by atoms with Gasteiger partial charge in [-0.25, -0.2) is 4.39 Å². The third-order valence-electron chi connectivity index (χ3n) is 4.44. The van der Waals surface area contributed by atoms with E-state index >= 15 is 0 Å². The van der Waals surface area contributed by atoms with E-state index in [1.165, 1.54) is 12.1 Å². The summed E-state index contributed by atoms with van der Waals surface area (Å²) >= 11 is 0. The molecule has 2 unspecified atom stereocenters. The van der Waals surface area contributed by atoms with Crippen LogP contribution in [0.4, 0.5) is 4.39 Å². The molecule has 3 rings (SSSR count). The Kier molecular flexibility index (Phi) is 3.21. The second kappa shape index (κ2) is 4.90. The van der Waals surface area contributed by atoms with Gasteiger partial charge in [-0.05, 0) is 55.7 Å². The maximum absolute atomic E-state index is 13.2. The Hall–Kier alpha value is -1.89. The highest BCUT2D eigenvalue weighted by molar-refractivity contribution is 5.84. The van der Waals surface area contributed by atoms with Crippen molar-refractivity contribution in [3.05, 3.63) is 35.6 Å². The zero-order chi connectivity index (χ0) is 14.2. The molecule has 2 aliphatic rings. The molecular weight excluding hydrogens is 255 g/mol. The molecule has 0 radical (unpaired) electrons. The third-order valence-corrected chi connectivity index (χ3v) is 4.44. The van der Waals surface area contributed by atoms with Crippen LogP contribution in [0.25, 0.3) is 0 Å². The van der Waals surface area contributed by atoms with E-state index in [-0.39, 0.29) is 23.6 Å². The van der Waals surface area contributed by atoms with Gasteiger partial charge >= 0.3 is 0 Å². The van der Waals surface area contributed by atoms with E-state index in [4.69, 9.17) is 0 Å². The number of benzene rings is 1. The largest absolute Gasteiger partial charge is 0.338 e. The van der Waals surface area contributed by atoms with Crippen molar-refractivity contribution in [2.24, 2.45) is 5.92 Å². The van der Waals surface area contributed by atoms with Gasteiger partial charge in [0.2, 0.25) is 5.91 Å². The molecule has 2 aliphatic carbocycles. The first-order valence-corrected chi connectivity index (χ1v) is 7.12. The normalized spacial score (nSPS) is 26.8. The van der Waals surface area contributed by atoms with Gasteiger partial charge in [0.25, 0.3) is 0 Å². The summed E-state index contributed by atoms with van der Waals surface area (Å²) in [6.45, 7) is 0. The topological polar surface area (TPSA) is 52.9 Å². The summed E-state index contributed by atoms with van der Waals surface area (Å²) in [6.07, 6.45) is 4.22. The highest BCUT2D eigenvalue weighted by Gasteiger charge is 2.47. The molecule has 2 fully saturated rings. The van der Waals surface area contributed by atoms with Gasteiger partial charge in [0, 0.05) is 5.92 Å². The summed E-state index contributed by atoms with van der Waals surface area (Å²) in [6, 6.07) is 8.69. The molecule has 2 saturated carbocycles. The summed E-state index contributed by atoms with van der Waals surface area (Å²) in [5.74, 6) is -0.328. The summed E-state index contributed by atoms with van der Waals surface area (Å²) in [5, 5.41) is 12.2. The van der Waals surface area contributed by atoms with Crippen LogP contribution in [0.5, 0.6) is 0 Å². The van der Waals surface area contributed by atoms with E-state index in [2.05, 4.69) is 11.4 Å². The lowest BCUT2D eigenvalue weighted by Crippen LogP contribution is -2.45. The molecule has 0 aromatic heterocycles. The first kappa shape index (κ1) is 13.1. The number of rotatable bonds is 3. The van der Waals surface area contributed by atoms with Gasteiger partial charge in [-0.15, -0.1) is 0 Å². The van der Waals surface area contributed by atoms with Crippen LogP contribution in [0.15, 0.2) is 24.3 Å². The maximum Gasteiger partial charge on any atom is 0.224 e.